The summed E-state index contributed by atoms with van der Waals surface area (Å²) in [7, 11) is 0. The lowest BCUT2D eigenvalue weighted by Crippen LogP contribution is -1.87. The highest BCUT2D eigenvalue weighted by Gasteiger charge is 2.00. The number of aromatic nitrogens is 3. The van der Waals surface area contributed by atoms with E-state index < -0.39 is 0 Å². The van der Waals surface area contributed by atoms with Crippen molar-refractivity contribution in [2.45, 2.75) is 6.92 Å². The topological polar surface area (TPSA) is 30.2 Å². The lowest BCUT2D eigenvalue weighted by atomic mass is 10.5. The van der Waals surface area contributed by atoms with E-state index in [-0.39, 0.29) is 0 Å². The molecular weight excluding hydrogens is 162 g/mol. The van der Waals surface area contributed by atoms with Crippen molar-refractivity contribution >= 4 is 17.2 Å². The van der Waals surface area contributed by atoms with E-state index in [2.05, 4.69) is 10.1 Å². The predicted molar refractivity (Wildman–Crippen MR) is 42.7 cm³/mol. The number of rotatable bonds is 0. The van der Waals surface area contributed by atoms with Gasteiger partial charge in [0, 0.05) is 0 Å². The van der Waals surface area contributed by atoms with Gasteiger partial charge in [0.05, 0.1) is 0 Å². The number of aryl methyl sites for hydroxylation is 1. The van der Waals surface area contributed by atoms with Gasteiger partial charge in [-0.05, 0) is 19.1 Å². The Balaban J connectivity index is 2.90. The summed E-state index contributed by atoms with van der Waals surface area (Å²) in [4.78, 5) is 4.14. The molecule has 2 aromatic rings. The fourth-order valence-corrected chi connectivity index (χ4v) is 1.18. The van der Waals surface area contributed by atoms with Crippen LogP contribution in [0.25, 0.3) is 5.65 Å². The van der Waals surface area contributed by atoms with Gasteiger partial charge in [0.25, 0.3) is 0 Å². The van der Waals surface area contributed by atoms with Gasteiger partial charge in [0.15, 0.2) is 5.65 Å². The van der Waals surface area contributed by atoms with Crippen LogP contribution >= 0.6 is 11.6 Å². The van der Waals surface area contributed by atoms with Gasteiger partial charge in [0.1, 0.15) is 11.0 Å². The third-order valence-electron chi connectivity index (χ3n) is 1.42. The van der Waals surface area contributed by atoms with E-state index in [1.165, 1.54) is 0 Å². The van der Waals surface area contributed by atoms with E-state index in [9.17, 15) is 0 Å². The molecule has 0 amide bonds. The zero-order valence-electron chi connectivity index (χ0n) is 5.95. The first kappa shape index (κ1) is 6.61. The monoisotopic (exact) mass is 167 g/mol. The van der Waals surface area contributed by atoms with Crippen molar-refractivity contribution in [3.63, 3.8) is 0 Å². The first-order valence-corrected chi connectivity index (χ1v) is 3.63. The minimum absolute atomic E-state index is 0.586. The molecule has 0 aliphatic rings. The Kier molecular flexibility index (Phi) is 1.32. The smallest absolute Gasteiger partial charge is 0.157 e. The fourth-order valence-electron chi connectivity index (χ4n) is 0.981. The maximum Gasteiger partial charge on any atom is 0.157 e. The molecule has 2 rings (SSSR count). The number of halogens is 1. The van der Waals surface area contributed by atoms with E-state index in [1.807, 2.05) is 19.1 Å². The van der Waals surface area contributed by atoms with Crippen LogP contribution in [0, 0.1) is 6.92 Å². The summed E-state index contributed by atoms with van der Waals surface area (Å²) in [6, 6.07) is 5.50. The highest BCUT2D eigenvalue weighted by molar-refractivity contribution is 6.29. The van der Waals surface area contributed by atoms with Gasteiger partial charge in [-0.25, -0.2) is 9.50 Å². The maximum atomic E-state index is 5.83. The van der Waals surface area contributed by atoms with Crippen LogP contribution in [-0.4, -0.2) is 14.6 Å². The Bertz CT molecular complexity index is 393. The molecule has 4 heteroatoms. The van der Waals surface area contributed by atoms with Crippen molar-refractivity contribution in [1.29, 1.82) is 0 Å². The molecule has 0 radical (unpaired) electrons. The molecule has 56 valence electrons. The summed E-state index contributed by atoms with van der Waals surface area (Å²) < 4.78 is 1.61. The molecule has 11 heavy (non-hydrogen) atoms. The fraction of sp³-hybridized carbons (Fsp3) is 0.143. The summed E-state index contributed by atoms with van der Waals surface area (Å²) in [5, 5.41) is 4.67. The molecule has 0 fully saturated rings. The molecule has 3 nitrogen and oxygen atoms in total. The van der Waals surface area contributed by atoms with E-state index in [4.69, 9.17) is 11.6 Å². The molecule has 2 heterocycles. The largest absolute Gasteiger partial charge is 0.212 e. The van der Waals surface area contributed by atoms with Crippen LogP contribution in [0.15, 0.2) is 18.2 Å². The second-order valence-corrected chi connectivity index (χ2v) is 2.66. The standard InChI is InChI=1S/C7H6ClN3/c1-5-9-7-4-2-3-6(8)11(7)10-5/h2-4H,1H3. The van der Waals surface area contributed by atoms with Gasteiger partial charge in [-0.15, -0.1) is 0 Å². The lowest BCUT2D eigenvalue weighted by molar-refractivity contribution is 0.931. The molecule has 0 N–H and O–H groups in total. The average molecular weight is 168 g/mol. The van der Waals surface area contributed by atoms with E-state index in [0.29, 0.717) is 5.15 Å². The van der Waals surface area contributed by atoms with Crippen molar-refractivity contribution in [1.82, 2.24) is 14.6 Å². The van der Waals surface area contributed by atoms with Crippen LogP contribution in [0.2, 0.25) is 5.15 Å². The first-order chi connectivity index (χ1) is 5.27. The summed E-state index contributed by atoms with van der Waals surface area (Å²) in [5.74, 6) is 0.734. The van der Waals surface area contributed by atoms with Crippen molar-refractivity contribution in [3.05, 3.63) is 29.2 Å². The molecule has 0 aliphatic carbocycles. The molecule has 0 aliphatic heterocycles. The van der Waals surface area contributed by atoms with Gasteiger partial charge in [-0.3, -0.25) is 0 Å². The van der Waals surface area contributed by atoms with Crippen molar-refractivity contribution in [2.24, 2.45) is 0 Å². The zero-order valence-corrected chi connectivity index (χ0v) is 6.71. The molecule has 0 unspecified atom stereocenters. The van der Waals surface area contributed by atoms with E-state index >= 15 is 0 Å². The van der Waals surface area contributed by atoms with Crippen molar-refractivity contribution in [3.8, 4) is 0 Å². The lowest BCUT2D eigenvalue weighted by Gasteiger charge is -1.91. The molecule has 0 saturated heterocycles. The van der Waals surface area contributed by atoms with E-state index in [1.54, 1.807) is 10.6 Å². The Morgan fingerprint density at radius 3 is 3.00 bits per heavy atom. The number of nitrogens with zero attached hydrogens (tertiary/aromatic N) is 3. The molecule has 2 aromatic heterocycles. The molecule has 0 saturated carbocycles. The van der Waals surface area contributed by atoms with Gasteiger partial charge < -0.3 is 0 Å². The minimum Gasteiger partial charge on any atom is -0.212 e. The summed E-state index contributed by atoms with van der Waals surface area (Å²) in [6.07, 6.45) is 0. The molecule has 0 atom stereocenters. The highest BCUT2D eigenvalue weighted by atomic mass is 35.5. The molecule has 0 spiro atoms. The minimum atomic E-state index is 0.586. The third-order valence-corrected chi connectivity index (χ3v) is 1.71. The van der Waals surface area contributed by atoms with E-state index in [0.717, 1.165) is 11.5 Å². The summed E-state index contributed by atoms with van der Waals surface area (Å²) >= 11 is 5.83. The van der Waals surface area contributed by atoms with Crippen molar-refractivity contribution in [2.75, 3.05) is 0 Å². The molecular formula is C7H6ClN3. The molecule has 0 bridgehead atoms. The number of pyridine rings is 1. The van der Waals surface area contributed by atoms with Crippen LogP contribution < -0.4 is 0 Å². The van der Waals surface area contributed by atoms with Gasteiger partial charge in [0.2, 0.25) is 0 Å². The summed E-state index contributed by atoms with van der Waals surface area (Å²) in [6.45, 7) is 1.84. The second-order valence-electron chi connectivity index (χ2n) is 2.28. The van der Waals surface area contributed by atoms with Gasteiger partial charge in [-0.2, -0.15) is 5.10 Å². The highest BCUT2D eigenvalue weighted by Crippen LogP contribution is 2.09. The quantitative estimate of drug-likeness (QED) is 0.559. The van der Waals surface area contributed by atoms with Crippen molar-refractivity contribution < 1.29 is 0 Å². The SMILES string of the molecule is Cc1nc2cccc(Cl)n2n1. The van der Waals surface area contributed by atoms with Crippen LogP contribution in [0.5, 0.6) is 0 Å². The number of hydrogen-bond acceptors (Lipinski definition) is 2. The Morgan fingerprint density at radius 2 is 2.27 bits per heavy atom. The molecule has 0 aromatic carbocycles. The van der Waals surface area contributed by atoms with Gasteiger partial charge in [-0.1, -0.05) is 17.7 Å². The normalized spacial score (nSPS) is 10.7. The maximum absolute atomic E-state index is 5.83. The first-order valence-electron chi connectivity index (χ1n) is 3.25. The summed E-state index contributed by atoms with van der Waals surface area (Å²) in [5.41, 5.74) is 0.787. The zero-order chi connectivity index (χ0) is 7.84. The third kappa shape index (κ3) is 0.973. The predicted octanol–water partition coefficient (Wildman–Crippen LogP) is 1.69. The second kappa shape index (κ2) is 2.20. The number of fused-ring (bicyclic) bond motifs is 1. The van der Waals surface area contributed by atoms with Crippen LogP contribution in [0.1, 0.15) is 5.82 Å². The Labute approximate surface area is 68.6 Å². The van der Waals surface area contributed by atoms with Crippen LogP contribution in [0.3, 0.4) is 0 Å². The average Bonchev–Trinajstić information content (AvgIpc) is 2.31. The van der Waals surface area contributed by atoms with Gasteiger partial charge >= 0.3 is 0 Å². The van der Waals surface area contributed by atoms with Crippen LogP contribution in [0.4, 0.5) is 0 Å². The number of hydrogen-bond donors (Lipinski definition) is 0. The van der Waals surface area contributed by atoms with Crippen LogP contribution in [-0.2, 0) is 0 Å². The Morgan fingerprint density at radius 1 is 1.45 bits per heavy atom. The Hall–Kier alpha value is -1.09.